The van der Waals surface area contributed by atoms with Crippen LogP contribution in [0.2, 0.25) is 0 Å². The summed E-state index contributed by atoms with van der Waals surface area (Å²) in [5.41, 5.74) is 8.96. The van der Waals surface area contributed by atoms with Crippen LogP contribution in [-0.4, -0.2) is 16.9 Å². The van der Waals surface area contributed by atoms with Crippen LogP contribution < -0.4 is 16.3 Å². The fourth-order valence-electron chi connectivity index (χ4n) is 2.22. The molecule has 1 heterocycles. The number of H-pyrrole nitrogens is 1. The number of urea groups is 1. The Bertz CT molecular complexity index is 845. The molecule has 0 bridgehead atoms. The minimum absolute atomic E-state index is 0.227. The zero-order valence-corrected chi connectivity index (χ0v) is 12.7. The lowest BCUT2D eigenvalue weighted by Gasteiger charge is -2.08. The quantitative estimate of drug-likeness (QED) is 0.554. The molecule has 0 unspecified atom stereocenters. The van der Waals surface area contributed by atoms with Crippen LogP contribution in [0.1, 0.15) is 15.9 Å². The molecule has 4 N–H and O–H groups in total. The lowest BCUT2D eigenvalue weighted by molar-refractivity contribution is 0.0474. The maximum atomic E-state index is 12.1. The summed E-state index contributed by atoms with van der Waals surface area (Å²) in [4.78, 5) is 31.8. The number of benzene rings is 2. The normalized spacial score (nSPS) is 10.3. The van der Waals surface area contributed by atoms with Crippen molar-refractivity contribution in [3.63, 3.8) is 0 Å². The van der Waals surface area contributed by atoms with E-state index in [1.807, 2.05) is 54.6 Å². The monoisotopic (exact) mass is 324 g/mol. The summed E-state index contributed by atoms with van der Waals surface area (Å²) in [5, 5.41) is 0.775. The van der Waals surface area contributed by atoms with Crippen molar-refractivity contribution in [2.45, 2.75) is 6.61 Å². The lowest BCUT2D eigenvalue weighted by atomic mass is 10.2. The zero-order valence-electron chi connectivity index (χ0n) is 12.7. The zero-order chi connectivity index (χ0) is 16.8. The van der Waals surface area contributed by atoms with E-state index in [1.54, 1.807) is 6.20 Å². The first-order valence-corrected chi connectivity index (χ1v) is 7.32. The number of hydrogen-bond acceptors (Lipinski definition) is 3. The van der Waals surface area contributed by atoms with Gasteiger partial charge in [0.1, 0.15) is 0 Å². The van der Waals surface area contributed by atoms with Gasteiger partial charge in [0.25, 0.3) is 5.91 Å². The van der Waals surface area contributed by atoms with E-state index in [-0.39, 0.29) is 6.61 Å². The molecule has 0 spiro atoms. The van der Waals surface area contributed by atoms with Crippen molar-refractivity contribution in [2.75, 3.05) is 0 Å². The molecule has 0 aliphatic rings. The Balaban J connectivity index is 1.46. The van der Waals surface area contributed by atoms with Gasteiger partial charge in [-0.05, 0) is 11.6 Å². The van der Waals surface area contributed by atoms with Gasteiger partial charge in [-0.15, -0.1) is 0 Å². The summed E-state index contributed by atoms with van der Waals surface area (Å²) in [6.45, 7) is 0.227. The highest BCUT2D eigenvalue weighted by Gasteiger charge is 2.12. The van der Waals surface area contributed by atoms with Crippen LogP contribution in [0, 0.1) is 0 Å². The second-order valence-corrected chi connectivity index (χ2v) is 5.03. The molecule has 0 aliphatic carbocycles. The van der Waals surface area contributed by atoms with Crippen molar-refractivity contribution in [3.8, 4) is 0 Å². The van der Waals surface area contributed by atoms with E-state index in [0.29, 0.717) is 5.56 Å². The van der Waals surface area contributed by atoms with Gasteiger partial charge in [-0.25, -0.2) is 15.7 Å². The average Bonchev–Trinajstić information content (AvgIpc) is 3.05. The van der Waals surface area contributed by atoms with Crippen molar-refractivity contribution in [1.29, 1.82) is 0 Å². The minimum Gasteiger partial charge on any atom is -0.360 e. The Morgan fingerprint density at radius 2 is 1.71 bits per heavy atom. The van der Waals surface area contributed by atoms with E-state index in [4.69, 9.17) is 4.84 Å². The molecular formula is C17H16N4O3. The van der Waals surface area contributed by atoms with Crippen molar-refractivity contribution in [3.05, 3.63) is 71.9 Å². The van der Waals surface area contributed by atoms with E-state index < -0.39 is 11.9 Å². The van der Waals surface area contributed by atoms with E-state index in [2.05, 4.69) is 21.3 Å². The van der Waals surface area contributed by atoms with Crippen molar-refractivity contribution in [1.82, 2.24) is 21.3 Å². The SMILES string of the molecule is O=C(NNC(=O)c1c[nH]c2ccccc12)NOCc1ccccc1. The molecule has 0 radical (unpaired) electrons. The van der Waals surface area contributed by atoms with Crippen LogP contribution >= 0.6 is 0 Å². The van der Waals surface area contributed by atoms with Crippen LogP contribution in [0.3, 0.4) is 0 Å². The van der Waals surface area contributed by atoms with Gasteiger partial charge in [0.2, 0.25) is 0 Å². The summed E-state index contributed by atoms with van der Waals surface area (Å²) >= 11 is 0. The molecule has 3 aromatic rings. The van der Waals surface area contributed by atoms with Gasteiger partial charge in [0, 0.05) is 17.1 Å². The van der Waals surface area contributed by atoms with Gasteiger partial charge in [0.15, 0.2) is 0 Å². The Hall–Kier alpha value is -3.32. The standard InChI is InChI=1S/C17H16N4O3/c22-16(14-10-18-15-9-5-4-8-13(14)15)19-20-17(23)21-24-11-12-6-2-1-3-7-12/h1-10,18H,11H2,(H,19,22)(H2,20,21,23). The largest absolute Gasteiger partial charge is 0.360 e. The summed E-state index contributed by atoms with van der Waals surface area (Å²) in [7, 11) is 0. The molecule has 7 heteroatoms. The second-order valence-electron chi connectivity index (χ2n) is 5.03. The first-order valence-electron chi connectivity index (χ1n) is 7.32. The van der Waals surface area contributed by atoms with E-state index >= 15 is 0 Å². The molecule has 3 amide bonds. The molecule has 2 aromatic carbocycles. The van der Waals surface area contributed by atoms with Crippen LogP contribution in [0.15, 0.2) is 60.8 Å². The molecule has 0 saturated heterocycles. The number of hydroxylamine groups is 1. The number of aromatic amines is 1. The molecular weight excluding hydrogens is 308 g/mol. The van der Waals surface area contributed by atoms with E-state index in [1.165, 1.54) is 0 Å². The number of hydrazine groups is 1. The third kappa shape index (κ3) is 3.71. The molecule has 0 saturated carbocycles. The number of para-hydroxylation sites is 1. The molecule has 1 aromatic heterocycles. The molecule has 0 fully saturated rings. The van der Waals surface area contributed by atoms with Crippen LogP contribution in [0.5, 0.6) is 0 Å². The molecule has 0 atom stereocenters. The maximum Gasteiger partial charge on any atom is 0.357 e. The molecule has 0 aliphatic heterocycles. The topological polar surface area (TPSA) is 95.3 Å². The summed E-state index contributed by atoms with van der Waals surface area (Å²) in [6.07, 6.45) is 1.59. The fraction of sp³-hybridized carbons (Fsp3) is 0.0588. The molecule has 7 nitrogen and oxygen atoms in total. The number of carbonyl (C=O) groups is 2. The van der Waals surface area contributed by atoms with Gasteiger partial charge >= 0.3 is 6.03 Å². The number of carbonyl (C=O) groups excluding carboxylic acids is 2. The molecule has 3 rings (SSSR count). The van der Waals surface area contributed by atoms with E-state index in [9.17, 15) is 9.59 Å². The highest BCUT2D eigenvalue weighted by atomic mass is 16.7. The maximum absolute atomic E-state index is 12.1. The number of fused-ring (bicyclic) bond motifs is 1. The van der Waals surface area contributed by atoms with Gasteiger partial charge in [-0.1, -0.05) is 48.5 Å². The Kier molecular flexibility index (Phi) is 4.73. The van der Waals surface area contributed by atoms with Crippen LogP contribution in [-0.2, 0) is 11.4 Å². The number of amides is 3. The minimum atomic E-state index is -0.667. The molecule has 122 valence electrons. The average molecular weight is 324 g/mol. The van der Waals surface area contributed by atoms with Crippen LogP contribution in [0.25, 0.3) is 10.9 Å². The fourth-order valence-corrected chi connectivity index (χ4v) is 2.22. The number of aromatic nitrogens is 1. The Morgan fingerprint density at radius 3 is 2.54 bits per heavy atom. The van der Waals surface area contributed by atoms with Crippen molar-refractivity contribution < 1.29 is 14.4 Å². The second kappa shape index (κ2) is 7.30. The summed E-state index contributed by atoms with van der Waals surface area (Å²) in [6, 6.07) is 16.1. The highest BCUT2D eigenvalue weighted by Crippen LogP contribution is 2.16. The van der Waals surface area contributed by atoms with Crippen LogP contribution in [0.4, 0.5) is 4.79 Å². The lowest BCUT2D eigenvalue weighted by Crippen LogP contribution is -2.46. The summed E-state index contributed by atoms with van der Waals surface area (Å²) < 4.78 is 0. The van der Waals surface area contributed by atoms with Crippen molar-refractivity contribution >= 4 is 22.8 Å². The van der Waals surface area contributed by atoms with Gasteiger partial charge in [-0.3, -0.25) is 15.1 Å². The van der Waals surface area contributed by atoms with Crippen molar-refractivity contribution in [2.24, 2.45) is 0 Å². The van der Waals surface area contributed by atoms with E-state index in [0.717, 1.165) is 16.5 Å². The Labute approximate surface area is 137 Å². The summed E-state index contributed by atoms with van der Waals surface area (Å²) in [5.74, 6) is -0.425. The predicted molar refractivity (Wildman–Crippen MR) is 88.7 cm³/mol. The Morgan fingerprint density at radius 1 is 0.958 bits per heavy atom. The third-order valence-electron chi connectivity index (χ3n) is 3.37. The number of nitrogens with one attached hydrogen (secondary N) is 4. The predicted octanol–water partition coefficient (Wildman–Crippen LogP) is 2.24. The van der Waals surface area contributed by atoms with Gasteiger partial charge in [0.05, 0.1) is 12.2 Å². The smallest absolute Gasteiger partial charge is 0.357 e. The first kappa shape index (κ1) is 15.6. The number of hydrogen-bond donors (Lipinski definition) is 4. The highest BCUT2D eigenvalue weighted by molar-refractivity contribution is 6.06. The van der Waals surface area contributed by atoms with Gasteiger partial charge in [-0.2, -0.15) is 0 Å². The van der Waals surface area contributed by atoms with Gasteiger partial charge < -0.3 is 4.98 Å². The third-order valence-corrected chi connectivity index (χ3v) is 3.37. The molecule has 24 heavy (non-hydrogen) atoms. The first-order chi connectivity index (χ1) is 11.7. The number of rotatable bonds is 4.